The molecule has 1 aliphatic heterocycles. The number of ether oxygens (including phenoxy) is 1. The highest BCUT2D eigenvalue weighted by Gasteiger charge is 2.37. The van der Waals surface area contributed by atoms with Crippen LogP contribution < -0.4 is 5.32 Å². The molecule has 0 atom stereocenters. The van der Waals surface area contributed by atoms with Gasteiger partial charge < -0.3 is 10.1 Å². The van der Waals surface area contributed by atoms with Crippen molar-refractivity contribution >= 4 is 11.5 Å². The fraction of sp³-hybridized carbons (Fsp3) is 0.643. The summed E-state index contributed by atoms with van der Waals surface area (Å²) in [6.45, 7) is 7.70. The first-order valence-electron chi connectivity index (χ1n) is 7.64. The molecule has 0 radical (unpaired) electrons. The van der Waals surface area contributed by atoms with Crippen molar-refractivity contribution in [2.24, 2.45) is 0 Å². The molecule has 0 aromatic carbocycles. The van der Waals surface area contributed by atoms with E-state index in [4.69, 9.17) is 4.74 Å². The number of hydrogen-bond donors (Lipinski definition) is 1. The average Bonchev–Trinajstić information content (AvgIpc) is 2.97. The third-order valence-electron chi connectivity index (χ3n) is 4.09. The Morgan fingerprint density at radius 3 is 2.54 bits per heavy atom. The van der Waals surface area contributed by atoms with Gasteiger partial charge in [-0.3, -0.25) is 4.90 Å². The number of fused-ring (bicyclic) bond motifs is 1. The summed E-state index contributed by atoms with van der Waals surface area (Å²) in [5.41, 5.74) is -0.124. The smallest absolute Gasteiger partial charge is 0.379 e. The van der Waals surface area contributed by atoms with Crippen molar-refractivity contribution in [3.05, 3.63) is 18.0 Å². The van der Waals surface area contributed by atoms with E-state index < -0.39 is 12.0 Å². The second kappa shape index (κ2) is 6.17. The molecule has 0 unspecified atom stereocenters. The lowest BCUT2D eigenvalue weighted by atomic mass is 10.0. The van der Waals surface area contributed by atoms with Gasteiger partial charge in [0.15, 0.2) is 5.65 Å². The summed E-state index contributed by atoms with van der Waals surface area (Å²) in [6.07, 6.45) is -4.60. The van der Waals surface area contributed by atoms with Crippen molar-refractivity contribution in [1.29, 1.82) is 0 Å². The largest absolute Gasteiger partial charge is 0.453 e. The highest BCUT2D eigenvalue weighted by Crippen LogP contribution is 2.27. The summed E-state index contributed by atoms with van der Waals surface area (Å²) < 4.78 is 44.8. The molecular weight excluding hydrogens is 325 g/mol. The van der Waals surface area contributed by atoms with Crippen molar-refractivity contribution in [2.45, 2.75) is 25.6 Å². The van der Waals surface area contributed by atoms with Gasteiger partial charge in [-0.25, -0.2) is 0 Å². The first-order valence-corrected chi connectivity index (χ1v) is 7.64. The van der Waals surface area contributed by atoms with E-state index >= 15 is 0 Å². The van der Waals surface area contributed by atoms with Gasteiger partial charge >= 0.3 is 6.18 Å². The molecule has 10 heteroatoms. The lowest BCUT2D eigenvalue weighted by Crippen LogP contribution is -2.53. The normalized spacial score (nSPS) is 17.4. The third-order valence-corrected chi connectivity index (χ3v) is 4.09. The molecule has 0 spiro atoms. The van der Waals surface area contributed by atoms with Gasteiger partial charge in [-0.2, -0.15) is 17.7 Å². The van der Waals surface area contributed by atoms with Crippen LogP contribution in [-0.2, 0) is 10.9 Å². The second-order valence-corrected chi connectivity index (χ2v) is 6.28. The Bertz CT molecular complexity index is 708. The van der Waals surface area contributed by atoms with E-state index in [9.17, 15) is 13.2 Å². The van der Waals surface area contributed by atoms with Crippen LogP contribution in [0.15, 0.2) is 12.1 Å². The molecule has 2 aromatic heterocycles. The highest BCUT2D eigenvalue weighted by molar-refractivity contribution is 5.44. The zero-order valence-corrected chi connectivity index (χ0v) is 13.5. The number of nitrogens with zero attached hydrogens (tertiary/aromatic N) is 5. The number of hydrogen-bond acceptors (Lipinski definition) is 6. The molecule has 1 fully saturated rings. The van der Waals surface area contributed by atoms with E-state index in [1.807, 2.05) is 0 Å². The van der Waals surface area contributed by atoms with E-state index in [1.54, 1.807) is 6.07 Å². The molecule has 0 saturated carbocycles. The number of rotatable bonds is 4. The summed E-state index contributed by atoms with van der Waals surface area (Å²) in [7, 11) is 0. The van der Waals surface area contributed by atoms with Gasteiger partial charge in [0.25, 0.3) is 5.82 Å². The summed E-state index contributed by atoms with van der Waals surface area (Å²) in [5, 5.41) is 13.7. The number of halogens is 3. The molecule has 2 aromatic rings. The van der Waals surface area contributed by atoms with Gasteiger partial charge in [0, 0.05) is 25.2 Å². The topological polar surface area (TPSA) is 67.6 Å². The predicted molar refractivity (Wildman–Crippen MR) is 80.7 cm³/mol. The van der Waals surface area contributed by atoms with E-state index in [1.165, 1.54) is 6.07 Å². The van der Waals surface area contributed by atoms with Gasteiger partial charge in [-0.05, 0) is 26.0 Å². The lowest BCUT2D eigenvalue weighted by molar-refractivity contribution is -0.146. The van der Waals surface area contributed by atoms with Crippen LogP contribution in [0.25, 0.3) is 5.65 Å². The number of anilines is 1. The maximum absolute atomic E-state index is 12.9. The molecule has 132 valence electrons. The zero-order chi connectivity index (χ0) is 17.4. The van der Waals surface area contributed by atoms with Crippen molar-refractivity contribution in [2.75, 3.05) is 38.2 Å². The molecule has 24 heavy (non-hydrogen) atoms. The molecular formula is C14H19F3N6O. The van der Waals surface area contributed by atoms with Crippen LogP contribution in [-0.4, -0.2) is 63.1 Å². The number of morpholine rings is 1. The van der Waals surface area contributed by atoms with Crippen LogP contribution in [0.2, 0.25) is 0 Å². The van der Waals surface area contributed by atoms with Crippen LogP contribution in [0.1, 0.15) is 19.7 Å². The number of aromatic nitrogens is 4. The second-order valence-electron chi connectivity index (χ2n) is 6.28. The predicted octanol–water partition coefficient (Wildman–Crippen LogP) is 1.67. The van der Waals surface area contributed by atoms with Gasteiger partial charge in [0.1, 0.15) is 5.82 Å². The number of nitrogens with one attached hydrogen (secondary N) is 1. The van der Waals surface area contributed by atoms with E-state index in [-0.39, 0.29) is 11.2 Å². The van der Waals surface area contributed by atoms with Crippen LogP contribution >= 0.6 is 0 Å². The van der Waals surface area contributed by atoms with Crippen LogP contribution in [0.4, 0.5) is 19.0 Å². The van der Waals surface area contributed by atoms with E-state index in [0.717, 1.165) is 13.1 Å². The van der Waals surface area contributed by atoms with Crippen LogP contribution in [0, 0.1) is 0 Å². The Kier molecular flexibility index (Phi) is 4.35. The fourth-order valence-corrected chi connectivity index (χ4v) is 2.65. The maximum atomic E-state index is 12.9. The summed E-state index contributed by atoms with van der Waals surface area (Å²) in [4.78, 5) is 2.28. The zero-order valence-electron chi connectivity index (χ0n) is 13.5. The third kappa shape index (κ3) is 3.44. The monoisotopic (exact) mass is 344 g/mol. The SMILES string of the molecule is CC(C)(CNc1ccc2nnc(C(F)(F)F)n2n1)N1CCOCC1. The summed E-state index contributed by atoms with van der Waals surface area (Å²) in [5.74, 6) is -0.789. The van der Waals surface area contributed by atoms with Crippen molar-refractivity contribution in [3.8, 4) is 0 Å². The summed E-state index contributed by atoms with van der Waals surface area (Å²) in [6, 6.07) is 3.05. The molecule has 0 amide bonds. The Balaban J connectivity index is 1.75. The van der Waals surface area contributed by atoms with Gasteiger partial charge in [-0.1, -0.05) is 0 Å². The Morgan fingerprint density at radius 2 is 1.88 bits per heavy atom. The minimum absolute atomic E-state index is 0.0558. The first-order chi connectivity index (χ1) is 11.3. The standard InChI is InChI=1S/C14H19F3N6O/c1-13(2,22-5-7-24-8-6-22)9-18-10-3-4-11-19-20-12(14(15,16)17)23(11)21-10/h3-4H,5-9H2,1-2H3,(H,18,21). The Morgan fingerprint density at radius 1 is 1.17 bits per heavy atom. The highest BCUT2D eigenvalue weighted by atomic mass is 19.4. The van der Waals surface area contributed by atoms with E-state index in [0.29, 0.717) is 30.1 Å². The molecule has 0 aliphatic carbocycles. The fourth-order valence-electron chi connectivity index (χ4n) is 2.65. The molecule has 7 nitrogen and oxygen atoms in total. The molecule has 1 aliphatic rings. The van der Waals surface area contributed by atoms with Crippen molar-refractivity contribution in [3.63, 3.8) is 0 Å². The van der Waals surface area contributed by atoms with Gasteiger partial charge in [0.2, 0.25) is 0 Å². The van der Waals surface area contributed by atoms with Gasteiger partial charge in [0.05, 0.1) is 13.2 Å². The van der Waals surface area contributed by atoms with Crippen LogP contribution in [0.3, 0.4) is 0 Å². The number of alkyl halides is 3. The molecule has 3 rings (SSSR count). The quantitative estimate of drug-likeness (QED) is 0.910. The van der Waals surface area contributed by atoms with Crippen molar-refractivity contribution in [1.82, 2.24) is 24.7 Å². The van der Waals surface area contributed by atoms with Crippen LogP contribution in [0.5, 0.6) is 0 Å². The van der Waals surface area contributed by atoms with Crippen molar-refractivity contribution < 1.29 is 17.9 Å². The lowest BCUT2D eigenvalue weighted by Gasteiger charge is -2.40. The van der Waals surface area contributed by atoms with E-state index in [2.05, 4.69) is 39.4 Å². The minimum Gasteiger partial charge on any atom is -0.379 e. The maximum Gasteiger partial charge on any atom is 0.453 e. The molecule has 0 bridgehead atoms. The Labute approximate surface area is 136 Å². The summed E-state index contributed by atoms with van der Waals surface area (Å²) >= 11 is 0. The first kappa shape index (κ1) is 16.9. The molecule has 1 saturated heterocycles. The average molecular weight is 344 g/mol. The molecule has 3 heterocycles. The van der Waals surface area contributed by atoms with Gasteiger partial charge in [-0.15, -0.1) is 15.3 Å². The Hall–Kier alpha value is -1.94. The molecule has 1 N–H and O–H groups in total. The minimum atomic E-state index is -4.60.